The zero-order valence-corrected chi connectivity index (χ0v) is 13.6. The van der Waals surface area contributed by atoms with Crippen LogP contribution in [0.15, 0.2) is 30.6 Å². The number of hydrogen-bond donors (Lipinski definition) is 0. The van der Waals surface area contributed by atoms with E-state index in [1.807, 2.05) is 0 Å². The summed E-state index contributed by atoms with van der Waals surface area (Å²) in [6.07, 6.45) is 5.48. The highest BCUT2D eigenvalue weighted by atomic mass is 19.1. The maximum absolute atomic E-state index is 13.7. The number of rotatable bonds is 6. The zero-order valence-electron chi connectivity index (χ0n) is 13.6. The zero-order chi connectivity index (χ0) is 17.8. The molecule has 0 radical (unpaired) electrons. The first-order valence-electron chi connectivity index (χ1n) is 7.89. The van der Waals surface area contributed by atoms with Crippen LogP contribution in [-0.2, 0) is 9.53 Å². The largest absolute Gasteiger partial charge is 0.469 e. The van der Waals surface area contributed by atoms with Crippen LogP contribution in [-0.4, -0.2) is 35.4 Å². The molecule has 6 nitrogen and oxygen atoms in total. The van der Waals surface area contributed by atoms with E-state index in [0.29, 0.717) is 23.8 Å². The fourth-order valence-electron chi connectivity index (χ4n) is 2.73. The van der Waals surface area contributed by atoms with Gasteiger partial charge in [-0.05, 0) is 36.5 Å². The van der Waals surface area contributed by atoms with Crippen LogP contribution in [0.3, 0.4) is 0 Å². The number of ether oxygens (including phenoxy) is 2. The van der Waals surface area contributed by atoms with E-state index in [9.17, 15) is 14.0 Å². The first kappa shape index (κ1) is 17.0. The summed E-state index contributed by atoms with van der Waals surface area (Å²) in [6, 6.07) is 4.56. The molecule has 0 atom stereocenters. The minimum Gasteiger partial charge on any atom is -0.469 e. The normalized spacial score (nSPS) is 19.0. The van der Waals surface area contributed by atoms with Crippen molar-refractivity contribution in [1.82, 2.24) is 9.97 Å². The molecule has 0 unspecified atom stereocenters. The number of aromatic nitrogens is 2. The summed E-state index contributed by atoms with van der Waals surface area (Å²) in [5, 5.41) is 0. The third kappa shape index (κ3) is 3.99. The number of aldehydes is 1. The van der Waals surface area contributed by atoms with Gasteiger partial charge in [0.25, 0.3) is 0 Å². The highest BCUT2D eigenvalue weighted by Crippen LogP contribution is 2.33. The predicted molar refractivity (Wildman–Crippen MR) is 86.6 cm³/mol. The maximum Gasteiger partial charge on any atom is 0.316 e. The lowest BCUT2D eigenvalue weighted by Gasteiger charge is -2.33. The topological polar surface area (TPSA) is 78.4 Å². The highest BCUT2D eigenvalue weighted by Gasteiger charge is 2.33. The number of hydrogen-bond acceptors (Lipinski definition) is 6. The molecule has 1 aliphatic rings. The van der Waals surface area contributed by atoms with Crippen molar-refractivity contribution in [3.8, 4) is 17.1 Å². The molecular weight excluding hydrogens is 327 g/mol. The van der Waals surface area contributed by atoms with Crippen LogP contribution in [0, 0.1) is 11.7 Å². The summed E-state index contributed by atoms with van der Waals surface area (Å²) in [4.78, 5) is 30.1. The van der Waals surface area contributed by atoms with E-state index in [4.69, 9.17) is 4.74 Å². The van der Waals surface area contributed by atoms with E-state index < -0.39 is 5.82 Å². The van der Waals surface area contributed by atoms with Gasteiger partial charge in [-0.25, -0.2) is 14.4 Å². The molecule has 1 fully saturated rings. The van der Waals surface area contributed by atoms with Crippen molar-refractivity contribution in [1.29, 1.82) is 0 Å². The van der Waals surface area contributed by atoms with Crippen LogP contribution in [0.5, 0.6) is 6.01 Å². The summed E-state index contributed by atoms with van der Waals surface area (Å²) in [7, 11) is 1.38. The SMILES string of the molecule is COC(=O)C[C@H]1C[C@@H](Oc2ncc(-c3ccc(C=O)c(F)c3)cn2)C1. The van der Waals surface area contributed by atoms with Crippen molar-refractivity contribution in [2.75, 3.05) is 7.11 Å². The minimum absolute atomic E-state index is 0.00942. The molecule has 1 saturated carbocycles. The number of esters is 1. The third-order valence-corrected chi connectivity index (χ3v) is 4.24. The Balaban J connectivity index is 1.57. The lowest BCUT2D eigenvalue weighted by Crippen LogP contribution is -2.35. The van der Waals surface area contributed by atoms with Crippen LogP contribution in [0.2, 0.25) is 0 Å². The standard InChI is InChI=1S/C18H17FN2O4/c1-24-17(23)6-11-4-15(5-11)25-18-20-8-14(9-21-18)12-2-3-13(10-22)16(19)7-12/h2-3,7-11,15H,4-6H2,1H3/t11-,15+. The molecule has 7 heteroatoms. The average Bonchev–Trinajstić information content (AvgIpc) is 2.60. The molecule has 3 rings (SSSR count). The number of carbonyl (C=O) groups excluding carboxylic acids is 2. The molecule has 1 aliphatic carbocycles. The molecule has 0 bridgehead atoms. The van der Waals surface area contributed by atoms with Crippen molar-refractivity contribution in [3.05, 3.63) is 42.0 Å². The summed E-state index contributed by atoms with van der Waals surface area (Å²) < 4.78 is 24.0. The lowest BCUT2D eigenvalue weighted by atomic mass is 9.80. The Hall–Kier alpha value is -2.83. The second kappa shape index (κ2) is 7.38. The van der Waals surface area contributed by atoms with Crippen molar-refractivity contribution >= 4 is 12.3 Å². The number of nitrogens with zero attached hydrogens (tertiary/aromatic N) is 2. The molecule has 1 aromatic heterocycles. The van der Waals surface area contributed by atoms with Gasteiger partial charge in [-0.3, -0.25) is 9.59 Å². The summed E-state index contributed by atoms with van der Waals surface area (Å²) in [6.45, 7) is 0. The molecule has 0 aliphatic heterocycles. The molecule has 1 aromatic carbocycles. The van der Waals surface area contributed by atoms with Gasteiger partial charge in [0, 0.05) is 24.4 Å². The summed E-state index contributed by atoms with van der Waals surface area (Å²) >= 11 is 0. The van der Waals surface area contributed by atoms with E-state index in [2.05, 4.69) is 14.7 Å². The Labute approximate surface area is 144 Å². The Morgan fingerprint density at radius 2 is 2.00 bits per heavy atom. The third-order valence-electron chi connectivity index (χ3n) is 4.24. The lowest BCUT2D eigenvalue weighted by molar-refractivity contribution is -0.143. The summed E-state index contributed by atoms with van der Waals surface area (Å²) in [5.41, 5.74) is 1.22. The Morgan fingerprint density at radius 1 is 1.28 bits per heavy atom. The quantitative estimate of drug-likeness (QED) is 0.592. The molecule has 25 heavy (non-hydrogen) atoms. The van der Waals surface area contributed by atoms with Crippen LogP contribution < -0.4 is 4.74 Å². The van der Waals surface area contributed by atoms with Gasteiger partial charge in [-0.15, -0.1) is 0 Å². The number of benzene rings is 1. The van der Waals surface area contributed by atoms with Crippen molar-refractivity contribution in [2.45, 2.75) is 25.4 Å². The Kier molecular flexibility index (Phi) is 5.02. The first-order valence-corrected chi connectivity index (χ1v) is 7.89. The van der Waals surface area contributed by atoms with E-state index in [0.717, 1.165) is 12.8 Å². The molecular formula is C18H17FN2O4. The van der Waals surface area contributed by atoms with Crippen LogP contribution in [0.1, 0.15) is 29.6 Å². The van der Waals surface area contributed by atoms with Gasteiger partial charge >= 0.3 is 12.0 Å². The van der Waals surface area contributed by atoms with E-state index in [1.165, 1.54) is 19.2 Å². The molecule has 0 saturated heterocycles. The molecule has 0 spiro atoms. The maximum atomic E-state index is 13.7. The molecule has 1 heterocycles. The molecule has 0 N–H and O–H groups in total. The van der Waals surface area contributed by atoms with Crippen LogP contribution in [0.4, 0.5) is 4.39 Å². The van der Waals surface area contributed by atoms with Gasteiger partial charge in [0.05, 0.1) is 12.7 Å². The minimum atomic E-state index is -0.584. The molecule has 0 amide bonds. The smallest absolute Gasteiger partial charge is 0.316 e. The first-order chi connectivity index (χ1) is 12.1. The second-order valence-corrected chi connectivity index (χ2v) is 5.97. The van der Waals surface area contributed by atoms with Gasteiger partial charge in [0.15, 0.2) is 6.29 Å². The number of carbonyl (C=O) groups is 2. The van der Waals surface area contributed by atoms with Crippen LogP contribution >= 0.6 is 0 Å². The van der Waals surface area contributed by atoms with Crippen molar-refractivity contribution in [3.63, 3.8) is 0 Å². The highest BCUT2D eigenvalue weighted by molar-refractivity contribution is 5.77. The second-order valence-electron chi connectivity index (χ2n) is 5.97. The monoisotopic (exact) mass is 344 g/mol. The number of methoxy groups -OCH3 is 1. The van der Waals surface area contributed by atoms with E-state index in [1.54, 1.807) is 18.5 Å². The van der Waals surface area contributed by atoms with Crippen LogP contribution in [0.25, 0.3) is 11.1 Å². The van der Waals surface area contributed by atoms with Crippen molar-refractivity contribution in [2.24, 2.45) is 5.92 Å². The van der Waals surface area contributed by atoms with Crippen molar-refractivity contribution < 1.29 is 23.5 Å². The summed E-state index contributed by atoms with van der Waals surface area (Å²) in [5.74, 6) is -0.521. The predicted octanol–water partition coefficient (Wildman–Crippen LogP) is 2.82. The van der Waals surface area contributed by atoms with Gasteiger partial charge in [-0.1, -0.05) is 6.07 Å². The van der Waals surface area contributed by atoms with E-state index >= 15 is 0 Å². The fraction of sp³-hybridized carbons (Fsp3) is 0.333. The average molecular weight is 344 g/mol. The number of halogens is 1. The molecule has 2 aromatic rings. The van der Waals surface area contributed by atoms with Gasteiger partial charge in [0.2, 0.25) is 0 Å². The fourth-order valence-corrected chi connectivity index (χ4v) is 2.73. The Bertz CT molecular complexity index is 773. The van der Waals surface area contributed by atoms with Gasteiger partial charge in [-0.2, -0.15) is 0 Å². The molecule has 130 valence electrons. The Morgan fingerprint density at radius 3 is 2.60 bits per heavy atom. The van der Waals surface area contributed by atoms with Gasteiger partial charge < -0.3 is 9.47 Å². The van der Waals surface area contributed by atoms with Gasteiger partial charge in [0.1, 0.15) is 11.9 Å². The van der Waals surface area contributed by atoms with E-state index in [-0.39, 0.29) is 29.6 Å².